The van der Waals surface area contributed by atoms with Crippen molar-refractivity contribution in [3.63, 3.8) is 0 Å². The topological polar surface area (TPSA) is 123 Å². The fourth-order valence-electron chi connectivity index (χ4n) is 3.56. The Hall–Kier alpha value is -4.67. The second-order valence-electron chi connectivity index (χ2n) is 9.02. The second-order valence-corrected chi connectivity index (χ2v) is 11.1. The maximum atomic E-state index is 12.5. The molecule has 216 valence electrons. The van der Waals surface area contributed by atoms with Gasteiger partial charge in [0.1, 0.15) is 11.5 Å². The molecule has 0 aromatic heterocycles. The van der Waals surface area contributed by atoms with E-state index >= 15 is 0 Å². The molecule has 0 radical (unpaired) electrons. The number of hydrazone groups is 1. The van der Waals surface area contributed by atoms with Crippen LogP contribution in [0.4, 0.5) is 5.69 Å². The fourth-order valence-corrected chi connectivity index (χ4v) is 4.74. The summed E-state index contributed by atoms with van der Waals surface area (Å²) in [5.41, 5.74) is 4.06. The minimum atomic E-state index is -3.80. The van der Waals surface area contributed by atoms with E-state index in [-0.39, 0.29) is 10.5 Å². The van der Waals surface area contributed by atoms with Crippen LogP contribution < -0.4 is 19.6 Å². The normalized spacial score (nSPS) is 11.2. The summed E-state index contributed by atoms with van der Waals surface area (Å²) in [6, 6.07) is 25.0. The summed E-state index contributed by atoms with van der Waals surface area (Å²) >= 11 is 5.82. The molecule has 0 saturated heterocycles. The molecule has 0 heterocycles. The zero-order valence-corrected chi connectivity index (χ0v) is 24.2. The summed E-state index contributed by atoms with van der Waals surface area (Å²) < 4.78 is 38.5. The number of carbonyl (C=O) groups excluding carboxylic acids is 2. The van der Waals surface area contributed by atoms with Gasteiger partial charge in [0.25, 0.3) is 15.9 Å². The van der Waals surface area contributed by atoms with Gasteiger partial charge in [0, 0.05) is 16.3 Å². The molecule has 0 aliphatic heterocycles. The minimum Gasteiger partial charge on any atom is -0.494 e. The SMILES string of the molecule is CCCCOc1ccc(C(=O)Oc2ccc(/C=N\NC(=O)c3ccc(NS(=O)(=O)c4ccc(Cl)cc4)cc3)cc2)cc1. The van der Waals surface area contributed by atoms with E-state index in [1.165, 1.54) is 54.7 Å². The lowest BCUT2D eigenvalue weighted by Gasteiger charge is -2.09. The van der Waals surface area contributed by atoms with Crippen LogP contribution in [0.25, 0.3) is 0 Å². The summed E-state index contributed by atoms with van der Waals surface area (Å²) in [6.45, 7) is 2.72. The Balaban J connectivity index is 1.26. The molecule has 4 rings (SSSR count). The molecule has 4 aromatic carbocycles. The molecule has 9 nitrogen and oxygen atoms in total. The number of benzene rings is 4. The van der Waals surface area contributed by atoms with Crippen molar-refractivity contribution in [2.75, 3.05) is 11.3 Å². The Kier molecular flexibility index (Phi) is 10.3. The van der Waals surface area contributed by atoms with Crippen molar-refractivity contribution in [1.82, 2.24) is 5.43 Å². The standard InChI is InChI=1S/C31H28ClN3O6S/c1-2-3-20-40-27-16-8-24(9-17-27)31(37)41-28-14-4-22(5-15-28)21-33-34-30(36)23-6-12-26(13-7-23)35-42(38,39)29-18-10-25(32)11-19-29/h4-19,21,35H,2-3,20H2,1H3,(H,34,36)/b33-21-. The summed E-state index contributed by atoms with van der Waals surface area (Å²) in [4.78, 5) is 24.9. The lowest BCUT2D eigenvalue weighted by atomic mass is 10.2. The average molecular weight is 606 g/mol. The number of rotatable bonds is 12. The van der Waals surface area contributed by atoms with Gasteiger partial charge in [-0.2, -0.15) is 5.10 Å². The number of nitrogens with zero attached hydrogens (tertiary/aromatic N) is 1. The van der Waals surface area contributed by atoms with Gasteiger partial charge in [0.2, 0.25) is 0 Å². The Morgan fingerprint density at radius 2 is 1.45 bits per heavy atom. The molecule has 0 spiro atoms. The molecule has 0 aliphatic rings. The van der Waals surface area contributed by atoms with Crippen molar-refractivity contribution in [2.45, 2.75) is 24.7 Å². The maximum absolute atomic E-state index is 12.5. The molecule has 11 heteroatoms. The highest BCUT2D eigenvalue weighted by Crippen LogP contribution is 2.19. The molecule has 0 bridgehead atoms. The van der Waals surface area contributed by atoms with E-state index in [4.69, 9.17) is 21.1 Å². The molecule has 42 heavy (non-hydrogen) atoms. The van der Waals surface area contributed by atoms with E-state index in [9.17, 15) is 18.0 Å². The number of sulfonamides is 1. The van der Waals surface area contributed by atoms with Crippen LogP contribution in [-0.4, -0.2) is 33.1 Å². The quantitative estimate of drug-likeness (QED) is 0.0642. The van der Waals surface area contributed by atoms with Gasteiger partial charge < -0.3 is 9.47 Å². The van der Waals surface area contributed by atoms with Crippen LogP contribution in [0.15, 0.2) is 107 Å². The first kappa shape index (κ1) is 30.3. The van der Waals surface area contributed by atoms with Crippen molar-refractivity contribution in [1.29, 1.82) is 0 Å². The van der Waals surface area contributed by atoms with Crippen LogP contribution in [0, 0.1) is 0 Å². The zero-order valence-electron chi connectivity index (χ0n) is 22.6. The Labute approximate surface area is 249 Å². The lowest BCUT2D eigenvalue weighted by Crippen LogP contribution is -2.18. The molecule has 0 unspecified atom stereocenters. The van der Waals surface area contributed by atoms with Gasteiger partial charge >= 0.3 is 5.97 Å². The third-order valence-electron chi connectivity index (χ3n) is 5.85. The molecule has 2 N–H and O–H groups in total. The average Bonchev–Trinajstić information content (AvgIpc) is 2.99. The van der Waals surface area contributed by atoms with Crippen molar-refractivity contribution in [3.8, 4) is 11.5 Å². The van der Waals surface area contributed by atoms with E-state index in [1.807, 2.05) is 0 Å². The van der Waals surface area contributed by atoms with Gasteiger partial charge in [-0.25, -0.2) is 18.6 Å². The Morgan fingerprint density at radius 1 is 0.833 bits per heavy atom. The monoisotopic (exact) mass is 605 g/mol. The van der Waals surface area contributed by atoms with Crippen molar-refractivity contribution in [3.05, 3.63) is 119 Å². The summed E-state index contributed by atoms with van der Waals surface area (Å²) in [7, 11) is -3.80. The minimum absolute atomic E-state index is 0.0626. The number of hydrogen-bond acceptors (Lipinski definition) is 7. The first-order chi connectivity index (χ1) is 20.2. The van der Waals surface area contributed by atoms with Crippen molar-refractivity contribution < 1.29 is 27.5 Å². The summed E-state index contributed by atoms with van der Waals surface area (Å²) in [5.74, 6) is 0.0833. The molecule has 4 aromatic rings. The van der Waals surface area contributed by atoms with Crippen LogP contribution >= 0.6 is 11.6 Å². The van der Waals surface area contributed by atoms with Crippen LogP contribution in [-0.2, 0) is 10.0 Å². The first-order valence-corrected chi connectivity index (χ1v) is 14.9. The Bertz CT molecular complexity index is 1640. The summed E-state index contributed by atoms with van der Waals surface area (Å²) in [6.07, 6.45) is 3.45. The molecular weight excluding hydrogens is 578 g/mol. The number of nitrogens with one attached hydrogen (secondary N) is 2. The largest absolute Gasteiger partial charge is 0.494 e. The molecule has 0 atom stereocenters. The van der Waals surface area contributed by atoms with Crippen LogP contribution in [0.3, 0.4) is 0 Å². The fraction of sp³-hybridized carbons (Fsp3) is 0.129. The van der Waals surface area contributed by atoms with Gasteiger partial charge in [0.05, 0.1) is 23.3 Å². The maximum Gasteiger partial charge on any atom is 0.343 e. The van der Waals surface area contributed by atoms with Crippen molar-refractivity contribution in [2.24, 2.45) is 5.10 Å². The van der Waals surface area contributed by atoms with Gasteiger partial charge in [-0.05, 0) is 109 Å². The molecule has 0 saturated carbocycles. The van der Waals surface area contributed by atoms with Gasteiger partial charge in [-0.1, -0.05) is 24.9 Å². The third-order valence-corrected chi connectivity index (χ3v) is 7.50. The zero-order chi connectivity index (χ0) is 30.0. The number of hydrogen-bond donors (Lipinski definition) is 2. The molecular formula is C31H28ClN3O6S. The number of anilines is 1. The number of carbonyl (C=O) groups is 2. The summed E-state index contributed by atoms with van der Waals surface area (Å²) in [5, 5.41) is 4.38. The highest BCUT2D eigenvalue weighted by Gasteiger charge is 2.14. The van der Waals surface area contributed by atoms with E-state index in [1.54, 1.807) is 48.5 Å². The predicted octanol–water partition coefficient (Wildman–Crippen LogP) is 6.30. The Morgan fingerprint density at radius 3 is 2.10 bits per heavy atom. The predicted molar refractivity (Wildman–Crippen MR) is 162 cm³/mol. The van der Waals surface area contributed by atoms with E-state index in [2.05, 4.69) is 22.2 Å². The van der Waals surface area contributed by atoms with Crippen LogP contribution in [0.5, 0.6) is 11.5 Å². The smallest absolute Gasteiger partial charge is 0.343 e. The van der Waals surface area contributed by atoms with Crippen LogP contribution in [0.2, 0.25) is 5.02 Å². The van der Waals surface area contributed by atoms with Gasteiger partial charge in [-0.15, -0.1) is 0 Å². The molecule has 0 fully saturated rings. The van der Waals surface area contributed by atoms with Crippen molar-refractivity contribution >= 4 is 45.4 Å². The number of ether oxygens (including phenoxy) is 2. The number of unbranched alkanes of at least 4 members (excludes halogenated alkanes) is 1. The van der Waals surface area contributed by atoms with Crippen LogP contribution in [0.1, 0.15) is 46.0 Å². The van der Waals surface area contributed by atoms with Gasteiger partial charge in [-0.3, -0.25) is 9.52 Å². The van der Waals surface area contributed by atoms with E-state index < -0.39 is 21.9 Å². The van der Waals surface area contributed by atoms with E-state index in [0.717, 1.165) is 12.8 Å². The third kappa shape index (κ3) is 8.66. The number of esters is 1. The lowest BCUT2D eigenvalue weighted by molar-refractivity contribution is 0.0734. The molecule has 1 amide bonds. The van der Waals surface area contributed by atoms with E-state index in [0.29, 0.717) is 39.9 Å². The highest BCUT2D eigenvalue weighted by molar-refractivity contribution is 7.92. The molecule has 0 aliphatic carbocycles. The second kappa shape index (κ2) is 14.3. The van der Waals surface area contributed by atoms with Gasteiger partial charge in [0.15, 0.2) is 0 Å². The first-order valence-electron chi connectivity index (χ1n) is 13.0. The number of amides is 1. The highest BCUT2D eigenvalue weighted by atomic mass is 35.5. The number of halogens is 1.